The molecule has 0 aromatic heterocycles. The molecule has 0 spiro atoms. The van der Waals surface area contributed by atoms with Gasteiger partial charge in [-0.1, -0.05) is 12.1 Å². The molecular formula is C19H20O6. The molecule has 25 heavy (non-hydrogen) atoms. The maximum atomic E-state index is 12.2. The summed E-state index contributed by atoms with van der Waals surface area (Å²) in [7, 11) is 0. The van der Waals surface area contributed by atoms with Crippen molar-refractivity contribution in [1.82, 2.24) is 0 Å². The number of allylic oxidation sites excluding steroid dienone is 3. The van der Waals surface area contributed by atoms with Gasteiger partial charge in [0, 0.05) is 6.08 Å². The van der Waals surface area contributed by atoms with E-state index in [0.29, 0.717) is 30.3 Å². The number of ketones is 2. The van der Waals surface area contributed by atoms with Crippen LogP contribution in [0.2, 0.25) is 0 Å². The smallest absolute Gasteiger partial charge is 0.329 e. The molecule has 1 aliphatic rings. The van der Waals surface area contributed by atoms with Crippen LogP contribution in [0.15, 0.2) is 36.1 Å². The van der Waals surface area contributed by atoms with Gasteiger partial charge in [-0.25, -0.2) is 0 Å². The molecule has 0 radical (unpaired) electrons. The maximum Gasteiger partial charge on any atom is 0.329 e. The van der Waals surface area contributed by atoms with E-state index in [1.165, 1.54) is 19.1 Å². The summed E-state index contributed by atoms with van der Waals surface area (Å²) in [5.41, 5.74) is 0.684. The molecule has 0 saturated carbocycles. The van der Waals surface area contributed by atoms with E-state index in [1.54, 1.807) is 18.2 Å². The van der Waals surface area contributed by atoms with Crippen molar-refractivity contribution in [2.24, 2.45) is 5.92 Å². The Morgan fingerprint density at radius 1 is 1.16 bits per heavy atom. The van der Waals surface area contributed by atoms with Crippen LogP contribution in [0.3, 0.4) is 0 Å². The van der Waals surface area contributed by atoms with Crippen LogP contribution in [0.4, 0.5) is 0 Å². The number of rotatable bonds is 7. The lowest BCUT2D eigenvalue weighted by atomic mass is 9.96. The minimum Gasteiger partial charge on any atom is -0.490 e. The fourth-order valence-electron chi connectivity index (χ4n) is 2.35. The molecule has 0 amide bonds. The zero-order valence-corrected chi connectivity index (χ0v) is 14.4. The van der Waals surface area contributed by atoms with Crippen molar-refractivity contribution >= 4 is 23.6 Å². The normalized spacial score (nSPS) is 17.2. The van der Waals surface area contributed by atoms with E-state index in [4.69, 9.17) is 14.2 Å². The third kappa shape index (κ3) is 4.56. The summed E-state index contributed by atoms with van der Waals surface area (Å²) in [6, 6.07) is 5.22. The van der Waals surface area contributed by atoms with Crippen molar-refractivity contribution < 1.29 is 28.6 Å². The van der Waals surface area contributed by atoms with Crippen molar-refractivity contribution in [3.05, 3.63) is 41.7 Å². The number of hydrogen-bond donors (Lipinski definition) is 0. The van der Waals surface area contributed by atoms with Crippen LogP contribution in [0.5, 0.6) is 11.5 Å². The van der Waals surface area contributed by atoms with Gasteiger partial charge in [0.05, 0.1) is 13.2 Å². The van der Waals surface area contributed by atoms with Gasteiger partial charge in [0.15, 0.2) is 29.0 Å². The Labute approximate surface area is 146 Å². The quantitative estimate of drug-likeness (QED) is 0.430. The lowest BCUT2D eigenvalue weighted by Gasteiger charge is -2.15. The van der Waals surface area contributed by atoms with Crippen LogP contribution in [-0.2, 0) is 19.1 Å². The highest BCUT2D eigenvalue weighted by molar-refractivity contribution is 6.25. The molecule has 1 unspecified atom stereocenters. The summed E-state index contributed by atoms with van der Waals surface area (Å²) >= 11 is 0. The van der Waals surface area contributed by atoms with E-state index in [2.05, 4.69) is 0 Å². The molecule has 1 heterocycles. The highest BCUT2D eigenvalue weighted by Crippen LogP contribution is 2.29. The molecule has 0 bridgehead atoms. The number of esters is 1. The van der Waals surface area contributed by atoms with E-state index >= 15 is 0 Å². The largest absolute Gasteiger partial charge is 0.490 e. The molecule has 1 aromatic carbocycles. The van der Waals surface area contributed by atoms with Gasteiger partial charge < -0.3 is 14.2 Å². The fraction of sp³-hybridized carbons (Fsp3) is 0.316. The van der Waals surface area contributed by atoms with Crippen LogP contribution in [0.25, 0.3) is 6.08 Å². The predicted molar refractivity (Wildman–Crippen MR) is 91.2 cm³/mol. The summed E-state index contributed by atoms with van der Waals surface area (Å²) < 4.78 is 15.8. The Hall–Kier alpha value is -2.89. The molecule has 6 heteroatoms. The van der Waals surface area contributed by atoms with E-state index in [0.717, 1.165) is 6.08 Å². The predicted octanol–water partition coefficient (Wildman–Crippen LogP) is 2.71. The standard InChI is InChI=1S/C19H20O6/c1-4-23-16-9-7-13(11-17(16)24-5-2)6-8-14(20)18-15(21)10-12(3)25-19(18)22/h6-11,18H,4-5H2,1-3H3. The third-order valence-electron chi connectivity index (χ3n) is 3.42. The highest BCUT2D eigenvalue weighted by atomic mass is 16.5. The molecule has 0 saturated heterocycles. The van der Waals surface area contributed by atoms with Gasteiger partial charge in [0.1, 0.15) is 5.76 Å². The number of cyclic esters (lactones) is 1. The third-order valence-corrected chi connectivity index (χ3v) is 3.42. The minimum atomic E-state index is -1.44. The maximum absolute atomic E-state index is 12.2. The van der Waals surface area contributed by atoms with Crippen molar-refractivity contribution in [2.75, 3.05) is 13.2 Å². The topological polar surface area (TPSA) is 78.9 Å². The average molecular weight is 344 g/mol. The summed E-state index contributed by atoms with van der Waals surface area (Å²) in [4.78, 5) is 35.8. The molecular weight excluding hydrogens is 324 g/mol. The first kappa shape index (κ1) is 18.4. The van der Waals surface area contributed by atoms with Gasteiger partial charge in [0.2, 0.25) is 0 Å². The van der Waals surface area contributed by atoms with Gasteiger partial charge in [-0.15, -0.1) is 0 Å². The Kier molecular flexibility index (Phi) is 6.11. The molecule has 0 fully saturated rings. The van der Waals surface area contributed by atoms with Gasteiger partial charge in [-0.05, 0) is 44.5 Å². The number of hydrogen-bond acceptors (Lipinski definition) is 6. The van der Waals surface area contributed by atoms with Crippen LogP contribution in [0, 0.1) is 5.92 Å². The van der Waals surface area contributed by atoms with Crippen molar-refractivity contribution in [2.45, 2.75) is 20.8 Å². The van der Waals surface area contributed by atoms with Gasteiger partial charge >= 0.3 is 5.97 Å². The SMILES string of the molecule is CCOc1ccc(C=CC(=O)C2C(=O)C=C(C)OC2=O)cc1OCC. The monoisotopic (exact) mass is 344 g/mol. The number of carbonyl (C=O) groups is 3. The zero-order valence-electron chi connectivity index (χ0n) is 14.4. The summed E-state index contributed by atoms with van der Waals surface area (Å²) in [6.07, 6.45) is 3.87. The second kappa shape index (κ2) is 8.28. The van der Waals surface area contributed by atoms with Gasteiger partial charge in [-0.2, -0.15) is 0 Å². The molecule has 0 N–H and O–H groups in total. The fourth-order valence-corrected chi connectivity index (χ4v) is 2.35. The lowest BCUT2D eigenvalue weighted by Crippen LogP contribution is -2.34. The minimum absolute atomic E-state index is 0.191. The first-order valence-corrected chi connectivity index (χ1v) is 8.01. The number of benzene rings is 1. The van der Waals surface area contributed by atoms with E-state index < -0.39 is 23.5 Å². The molecule has 1 aromatic rings. The number of ether oxygens (including phenoxy) is 3. The van der Waals surface area contributed by atoms with Crippen LogP contribution >= 0.6 is 0 Å². The highest BCUT2D eigenvalue weighted by Gasteiger charge is 2.36. The molecule has 6 nitrogen and oxygen atoms in total. The van der Waals surface area contributed by atoms with Crippen LogP contribution in [0.1, 0.15) is 26.3 Å². The van der Waals surface area contributed by atoms with Crippen LogP contribution < -0.4 is 9.47 Å². The summed E-state index contributed by atoms with van der Waals surface area (Å²) in [6.45, 7) is 6.20. The van der Waals surface area contributed by atoms with Gasteiger partial charge in [0.25, 0.3) is 0 Å². The molecule has 2 rings (SSSR count). The molecule has 1 aliphatic heterocycles. The zero-order chi connectivity index (χ0) is 18.4. The second-order valence-electron chi connectivity index (χ2n) is 5.32. The molecule has 1 atom stereocenters. The number of carbonyl (C=O) groups excluding carboxylic acids is 3. The Balaban J connectivity index is 2.18. The first-order chi connectivity index (χ1) is 12.0. The van der Waals surface area contributed by atoms with E-state index in [-0.39, 0.29) is 5.76 Å². The lowest BCUT2D eigenvalue weighted by molar-refractivity contribution is -0.151. The van der Waals surface area contributed by atoms with Crippen molar-refractivity contribution in [1.29, 1.82) is 0 Å². The summed E-state index contributed by atoms with van der Waals surface area (Å²) in [5, 5.41) is 0. The Morgan fingerprint density at radius 2 is 1.84 bits per heavy atom. The molecule has 0 aliphatic carbocycles. The van der Waals surface area contributed by atoms with Crippen molar-refractivity contribution in [3.63, 3.8) is 0 Å². The summed E-state index contributed by atoms with van der Waals surface area (Å²) in [5.74, 6) is -2.10. The van der Waals surface area contributed by atoms with Crippen LogP contribution in [-0.4, -0.2) is 30.7 Å². The Morgan fingerprint density at radius 3 is 2.48 bits per heavy atom. The molecule has 132 valence electrons. The second-order valence-corrected chi connectivity index (χ2v) is 5.32. The Bertz CT molecular complexity index is 744. The van der Waals surface area contributed by atoms with Gasteiger partial charge in [-0.3, -0.25) is 14.4 Å². The van der Waals surface area contributed by atoms with Crippen molar-refractivity contribution in [3.8, 4) is 11.5 Å². The van der Waals surface area contributed by atoms with E-state index in [9.17, 15) is 14.4 Å². The first-order valence-electron chi connectivity index (χ1n) is 8.01. The van der Waals surface area contributed by atoms with E-state index in [1.807, 2.05) is 13.8 Å². The average Bonchev–Trinajstić information content (AvgIpc) is 2.54.